The van der Waals surface area contributed by atoms with Crippen molar-refractivity contribution in [1.82, 2.24) is 9.88 Å². The lowest BCUT2D eigenvalue weighted by molar-refractivity contribution is -0.137. The van der Waals surface area contributed by atoms with Gasteiger partial charge in [-0.15, -0.1) is 0 Å². The van der Waals surface area contributed by atoms with Crippen molar-refractivity contribution in [2.75, 3.05) is 13.1 Å². The summed E-state index contributed by atoms with van der Waals surface area (Å²) in [6.45, 7) is 0.815. The van der Waals surface area contributed by atoms with E-state index in [0.717, 1.165) is 17.7 Å². The van der Waals surface area contributed by atoms with Crippen LogP contribution in [-0.2, 0) is 11.0 Å². The maximum atomic E-state index is 12.7. The molecule has 2 aromatic rings. The first kappa shape index (κ1) is 19.8. The van der Waals surface area contributed by atoms with Crippen LogP contribution in [0, 0.1) is 5.92 Å². The molecule has 1 aromatic carbocycles. The van der Waals surface area contributed by atoms with E-state index in [1.165, 1.54) is 18.2 Å². The first-order valence-electron chi connectivity index (χ1n) is 8.93. The molecule has 3 rings (SSSR count). The van der Waals surface area contributed by atoms with Gasteiger partial charge in [0.05, 0.1) is 5.56 Å². The number of benzene rings is 1. The summed E-state index contributed by atoms with van der Waals surface area (Å²) < 4.78 is 38.0. The average Bonchev–Trinajstić information content (AvgIpc) is 2.72. The highest BCUT2D eigenvalue weighted by molar-refractivity contribution is 5.99. The maximum absolute atomic E-state index is 12.7. The highest BCUT2D eigenvalue weighted by Crippen LogP contribution is 2.30. The summed E-state index contributed by atoms with van der Waals surface area (Å²) in [6, 6.07) is 7.78. The number of Topliss-reactive ketones (excluding diaryl/α,β-unsaturated/α-hetero) is 1. The zero-order chi connectivity index (χ0) is 20.1. The standard InChI is InChI=1S/C21H19F3N2O2/c22-21(23,24)18-6-4-16(5-7-18)20(28)17-2-1-13-26(14-17)19(27)8-3-15-9-11-25-12-10-15/h3-12,17H,1-2,13-14H2/b8-3+/t17-/m1/s1. The third-order valence-corrected chi connectivity index (χ3v) is 4.73. The van der Waals surface area contributed by atoms with E-state index in [0.29, 0.717) is 19.4 Å². The summed E-state index contributed by atoms with van der Waals surface area (Å²) in [5.41, 5.74) is 0.295. The average molecular weight is 388 g/mol. The number of alkyl halides is 3. The Morgan fingerprint density at radius 1 is 1.07 bits per heavy atom. The second kappa shape index (κ2) is 8.37. The van der Waals surface area contributed by atoms with Crippen LogP contribution in [0.1, 0.15) is 34.3 Å². The zero-order valence-corrected chi connectivity index (χ0v) is 15.0. The number of ketones is 1. The van der Waals surface area contributed by atoms with E-state index < -0.39 is 17.7 Å². The molecule has 0 spiro atoms. The van der Waals surface area contributed by atoms with E-state index in [9.17, 15) is 22.8 Å². The Bertz CT molecular complexity index is 861. The number of hydrogen-bond donors (Lipinski definition) is 0. The second-order valence-electron chi connectivity index (χ2n) is 6.68. The van der Waals surface area contributed by atoms with Crippen LogP contribution in [0.3, 0.4) is 0 Å². The van der Waals surface area contributed by atoms with Gasteiger partial charge in [0.25, 0.3) is 0 Å². The number of likely N-dealkylation sites (tertiary alicyclic amines) is 1. The minimum atomic E-state index is -4.43. The fourth-order valence-corrected chi connectivity index (χ4v) is 3.20. The molecule has 4 nitrogen and oxygen atoms in total. The number of carbonyl (C=O) groups excluding carboxylic acids is 2. The van der Waals surface area contributed by atoms with Crippen molar-refractivity contribution in [3.63, 3.8) is 0 Å². The molecule has 0 unspecified atom stereocenters. The summed E-state index contributed by atoms with van der Waals surface area (Å²) in [6.07, 6.45) is 3.25. The van der Waals surface area contributed by atoms with Gasteiger partial charge in [0.1, 0.15) is 0 Å². The predicted octanol–water partition coefficient (Wildman–Crippen LogP) is 4.24. The van der Waals surface area contributed by atoms with E-state index in [2.05, 4.69) is 4.98 Å². The van der Waals surface area contributed by atoms with Crippen molar-refractivity contribution in [1.29, 1.82) is 0 Å². The fourth-order valence-electron chi connectivity index (χ4n) is 3.20. The number of piperidine rings is 1. The van der Waals surface area contributed by atoms with Crippen LogP contribution in [0.25, 0.3) is 6.08 Å². The molecular weight excluding hydrogens is 369 g/mol. The van der Waals surface area contributed by atoms with Gasteiger partial charge in [-0.05, 0) is 48.7 Å². The number of halogens is 3. The van der Waals surface area contributed by atoms with Crippen LogP contribution in [0.15, 0.2) is 54.9 Å². The molecule has 1 aliphatic rings. The van der Waals surface area contributed by atoms with E-state index in [-0.39, 0.29) is 23.8 Å². The third-order valence-electron chi connectivity index (χ3n) is 4.73. The van der Waals surface area contributed by atoms with Gasteiger partial charge in [-0.3, -0.25) is 14.6 Å². The highest BCUT2D eigenvalue weighted by atomic mass is 19.4. The Morgan fingerprint density at radius 2 is 1.75 bits per heavy atom. The van der Waals surface area contributed by atoms with Gasteiger partial charge >= 0.3 is 6.18 Å². The topological polar surface area (TPSA) is 50.3 Å². The number of amides is 1. The minimum absolute atomic E-state index is 0.193. The first-order chi connectivity index (χ1) is 13.3. The Labute approximate surface area is 160 Å². The molecule has 0 bridgehead atoms. The molecule has 1 saturated heterocycles. The number of pyridine rings is 1. The van der Waals surface area contributed by atoms with Crippen LogP contribution in [0.5, 0.6) is 0 Å². The van der Waals surface area contributed by atoms with Crippen molar-refractivity contribution in [2.45, 2.75) is 19.0 Å². The molecule has 0 aliphatic carbocycles. The normalized spacial score (nSPS) is 17.7. The Balaban J connectivity index is 1.64. The molecule has 0 saturated carbocycles. The lowest BCUT2D eigenvalue weighted by Crippen LogP contribution is -2.41. The Hall–Kier alpha value is -2.96. The minimum Gasteiger partial charge on any atom is -0.338 e. The number of rotatable bonds is 4. The highest BCUT2D eigenvalue weighted by Gasteiger charge is 2.32. The van der Waals surface area contributed by atoms with Gasteiger partial charge in [0, 0.05) is 43.0 Å². The molecule has 1 aromatic heterocycles. The predicted molar refractivity (Wildman–Crippen MR) is 98.3 cm³/mol. The summed E-state index contributed by atoms with van der Waals surface area (Å²) >= 11 is 0. The van der Waals surface area contributed by atoms with Gasteiger partial charge in [0.2, 0.25) is 5.91 Å². The zero-order valence-electron chi connectivity index (χ0n) is 15.0. The molecule has 1 atom stereocenters. The summed E-state index contributed by atoms with van der Waals surface area (Å²) in [4.78, 5) is 30.6. The number of nitrogens with zero attached hydrogens (tertiary/aromatic N) is 2. The van der Waals surface area contributed by atoms with Gasteiger partial charge in [0.15, 0.2) is 5.78 Å². The molecule has 0 N–H and O–H groups in total. The van der Waals surface area contributed by atoms with Crippen LogP contribution in [-0.4, -0.2) is 34.7 Å². The molecule has 28 heavy (non-hydrogen) atoms. The molecule has 2 heterocycles. The summed E-state index contributed by atoms with van der Waals surface area (Å²) in [5.74, 6) is -0.838. The van der Waals surface area contributed by atoms with E-state index in [4.69, 9.17) is 0 Å². The molecule has 0 radical (unpaired) electrons. The van der Waals surface area contributed by atoms with Crippen LogP contribution in [0.4, 0.5) is 13.2 Å². The third kappa shape index (κ3) is 4.85. The van der Waals surface area contributed by atoms with Crippen LogP contribution < -0.4 is 0 Å². The van der Waals surface area contributed by atoms with Crippen LogP contribution >= 0.6 is 0 Å². The Kier molecular flexibility index (Phi) is 5.92. The molecule has 7 heteroatoms. The largest absolute Gasteiger partial charge is 0.416 e. The van der Waals surface area contributed by atoms with Gasteiger partial charge in [-0.1, -0.05) is 12.1 Å². The summed E-state index contributed by atoms with van der Waals surface area (Å²) in [5, 5.41) is 0. The van der Waals surface area contributed by atoms with Crippen molar-refractivity contribution < 1.29 is 22.8 Å². The quantitative estimate of drug-likeness (QED) is 0.582. The van der Waals surface area contributed by atoms with Crippen molar-refractivity contribution in [3.05, 3.63) is 71.6 Å². The number of aromatic nitrogens is 1. The first-order valence-corrected chi connectivity index (χ1v) is 8.93. The van der Waals surface area contributed by atoms with Crippen LogP contribution in [0.2, 0.25) is 0 Å². The molecule has 1 amide bonds. The number of carbonyl (C=O) groups is 2. The molecular formula is C21H19F3N2O2. The van der Waals surface area contributed by atoms with Crippen molar-refractivity contribution >= 4 is 17.8 Å². The lowest BCUT2D eigenvalue weighted by atomic mass is 9.89. The maximum Gasteiger partial charge on any atom is 0.416 e. The number of hydrogen-bond acceptors (Lipinski definition) is 3. The molecule has 146 valence electrons. The molecule has 1 aliphatic heterocycles. The van der Waals surface area contributed by atoms with Gasteiger partial charge in [-0.2, -0.15) is 13.2 Å². The smallest absolute Gasteiger partial charge is 0.338 e. The monoisotopic (exact) mass is 388 g/mol. The summed E-state index contributed by atoms with van der Waals surface area (Å²) in [7, 11) is 0. The lowest BCUT2D eigenvalue weighted by Gasteiger charge is -2.31. The molecule has 1 fully saturated rings. The van der Waals surface area contributed by atoms with Gasteiger partial charge < -0.3 is 4.90 Å². The van der Waals surface area contributed by atoms with Crippen molar-refractivity contribution in [3.8, 4) is 0 Å². The van der Waals surface area contributed by atoms with E-state index >= 15 is 0 Å². The fraction of sp³-hybridized carbons (Fsp3) is 0.286. The second-order valence-corrected chi connectivity index (χ2v) is 6.68. The van der Waals surface area contributed by atoms with Gasteiger partial charge in [-0.25, -0.2) is 0 Å². The van der Waals surface area contributed by atoms with Crippen molar-refractivity contribution in [2.24, 2.45) is 5.92 Å². The van der Waals surface area contributed by atoms with E-state index in [1.54, 1.807) is 35.5 Å². The van der Waals surface area contributed by atoms with E-state index in [1.807, 2.05) is 0 Å². The SMILES string of the molecule is O=C(c1ccc(C(F)(F)F)cc1)[C@@H]1CCCN(C(=O)/C=C/c2ccncc2)C1. The Morgan fingerprint density at radius 3 is 2.39 bits per heavy atom.